The first-order valence-corrected chi connectivity index (χ1v) is 4.83. The van der Waals surface area contributed by atoms with Crippen LogP contribution in [0.3, 0.4) is 0 Å². The summed E-state index contributed by atoms with van der Waals surface area (Å²) < 4.78 is 0. The normalized spacial score (nSPS) is 9.42. The van der Waals surface area contributed by atoms with E-state index in [4.69, 9.17) is 5.11 Å². The number of carboxylic acids is 1. The van der Waals surface area contributed by atoms with E-state index in [0.717, 1.165) is 0 Å². The van der Waals surface area contributed by atoms with Crippen LogP contribution >= 0.6 is 15.9 Å². The zero-order valence-corrected chi connectivity index (χ0v) is 8.26. The second-order valence-corrected chi connectivity index (χ2v) is 2.90. The number of carbonyl (C=O) groups excluding carboxylic acids is 1. The summed E-state index contributed by atoms with van der Waals surface area (Å²) in [4.78, 5) is 20.7. The van der Waals surface area contributed by atoms with Crippen LogP contribution in [0.25, 0.3) is 0 Å². The maximum Gasteiger partial charge on any atom is 0.303 e. The summed E-state index contributed by atoms with van der Waals surface area (Å²) in [7, 11) is 0. The molecule has 0 saturated heterocycles. The minimum Gasteiger partial charge on any atom is -0.481 e. The number of alkyl halides is 1. The third-order valence-electron chi connectivity index (χ3n) is 1.26. The Morgan fingerprint density at radius 1 is 1.33 bits per heavy atom. The molecule has 0 atom stereocenters. The van der Waals surface area contributed by atoms with Crippen LogP contribution in [0, 0.1) is 0 Å². The second-order valence-electron chi connectivity index (χ2n) is 2.33. The Labute approximate surface area is 79.5 Å². The first-order chi connectivity index (χ1) is 5.66. The SMILES string of the molecule is O=C(O)CCCCNC(=O)CBr. The first-order valence-electron chi connectivity index (χ1n) is 3.71. The molecule has 0 aliphatic carbocycles. The van der Waals surface area contributed by atoms with Crippen molar-refractivity contribution in [1.82, 2.24) is 5.32 Å². The summed E-state index contributed by atoms with van der Waals surface area (Å²) in [6.45, 7) is 0.553. The maximum atomic E-state index is 10.6. The summed E-state index contributed by atoms with van der Waals surface area (Å²) in [5, 5.41) is 11.2. The number of aliphatic carboxylic acids is 1. The van der Waals surface area contributed by atoms with Gasteiger partial charge in [-0.25, -0.2) is 0 Å². The van der Waals surface area contributed by atoms with Crippen LogP contribution in [-0.2, 0) is 9.59 Å². The van der Waals surface area contributed by atoms with E-state index in [1.54, 1.807) is 0 Å². The number of hydrogen-bond donors (Lipinski definition) is 2. The van der Waals surface area contributed by atoms with Gasteiger partial charge in [-0.2, -0.15) is 0 Å². The van der Waals surface area contributed by atoms with Gasteiger partial charge in [-0.05, 0) is 12.8 Å². The van der Waals surface area contributed by atoms with Crippen molar-refractivity contribution < 1.29 is 14.7 Å². The minimum absolute atomic E-state index is 0.0645. The van der Waals surface area contributed by atoms with Crippen LogP contribution in [0.5, 0.6) is 0 Å². The van der Waals surface area contributed by atoms with Crippen molar-refractivity contribution in [2.45, 2.75) is 19.3 Å². The van der Waals surface area contributed by atoms with E-state index in [-0.39, 0.29) is 12.3 Å². The summed E-state index contributed by atoms with van der Waals surface area (Å²) in [5.41, 5.74) is 0. The fraction of sp³-hybridized carbons (Fsp3) is 0.714. The van der Waals surface area contributed by atoms with Crippen LogP contribution in [-0.4, -0.2) is 28.9 Å². The predicted molar refractivity (Wildman–Crippen MR) is 48.3 cm³/mol. The number of nitrogens with one attached hydrogen (secondary N) is 1. The largest absolute Gasteiger partial charge is 0.481 e. The second kappa shape index (κ2) is 7.09. The molecule has 0 aliphatic rings. The maximum absolute atomic E-state index is 10.6. The molecule has 2 N–H and O–H groups in total. The minimum atomic E-state index is -0.790. The van der Waals surface area contributed by atoms with Gasteiger partial charge in [0, 0.05) is 13.0 Å². The highest BCUT2D eigenvalue weighted by Gasteiger charge is 1.98. The standard InChI is InChI=1S/C7H12BrNO3/c8-5-6(10)9-4-2-1-3-7(11)12/h1-5H2,(H,9,10)(H,11,12). The Kier molecular flexibility index (Phi) is 6.75. The predicted octanol–water partition coefficient (Wildman–Crippen LogP) is 0.752. The molecule has 0 unspecified atom stereocenters. The molecular weight excluding hydrogens is 226 g/mol. The molecule has 0 aromatic carbocycles. The topological polar surface area (TPSA) is 66.4 Å². The molecule has 0 saturated carbocycles. The molecule has 0 spiro atoms. The van der Waals surface area contributed by atoms with Gasteiger partial charge in [-0.1, -0.05) is 15.9 Å². The lowest BCUT2D eigenvalue weighted by molar-refractivity contribution is -0.137. The average Bonchev–Trinajstić information content (AvgIpc) is 2.03. The van der Waals surface area contributed by atoms with Crippen molar-refractivity contribution in [2.75, 3.05) is 11.9 Å². The molecule has 0 rings (SSSR count). The monoisotopic (exact) mass is 237 g/mol. The van der Waals surface area contributed by atoms with Crippen molar-refractivity contribution >= 4 is 27.8 Å². The molecule has 0 aliphatic heterocycles. The van der Waals surface area contributed by atoms with Crippen LogP contribution < -0.4 is 5.32 Å². The number of carboxylic acid groups (broad SMARTS) is 1. The fourth-order valence-electron chi connectivity index (χ4n) is 0.676. The molecule has 12 heavy (non-hydrogen) atoms. The van der Waals surface area contributed by atoms with Crippen molar-refractivity contribution in [3.8, 4) is 0 Å². The zero-order valence-electron chi connectivity index (χ0n) is 6.68. The Bertz CT molecular complexity index is 161. The Morgan fingerprint density at radius 3 is 2.50 bits per heavy atom. The number of rotatable bonds is 6. The van der Waals surface area contributed by atoms with Gasteiger partial charge in [0.15, 0.2) is 0 Å². The van der Waals surface area contributed by atoms with E-state index in [1.807, 2.05) is 0 Å². The highest BCUT2D eigenvalue weighted by atomic mass is 79.9. The zero-order chi connectivity index (χ0) is 9.40. The van der Waals surface area contributed by atoms with Gasteiger partial charge in [-0.15, -0.1) is 0 Å². The molecule has 0 aromatic rings. The van der Waals surface area contributed by atoms with Crippen LogP contribution in [0.4, 0.5) is 0 Å². The molecule has 0 radical (unpaired) electrons. The van der Waals surface area contributed by atoms with E-state index in [1.165, 1.54) is 0 Å². The van der Waals surface area contributed by atoms with E-state index >= 15 is 0 Å². The average molecular weight is 238 g/mol. The van der Waals surface area contributed by atoms with Crippen LogP contribution in [0.15, 0.2) is 0 Å². The van der Waals surface area contributed by atoms with E-state index in [0.29, 0.717) is 24.7 Å². The highest BCUT2D eigenvalue weighted by molar-refractivity contribution is 9.09. The Morgan fingerprint density at radius 2 is 2.00 bits per heavy atom. The third kappa shape index (κ3) is 7.53. The fourth-order valence-corrected chi connectivity index (χ4v) is 0.875. The number of halogens is 1. The van der Waals surface area contributed by atoms with E-state index < -0.39 is 5.97 Å². The van der Waals surface area contributed by atoms with Crippen molar-refractivity contribution in [2.24, 2.45) is 0 Å². The molecule has 4 nitrogen and oxygen atoms in total. The third-order valence-corrected chi connectivity index (χ3v) is 1.77. The summed E-state index contributed by atoms with van der Waals surface area (Å²) in [6, 6.07) is 0. The molecule has 0 aromatic heterocycles. The van der Waals surface area contributed by atoms with E-state index in [2.05, 4.69) is 21.2 Å². The number of hydrogen-bond acceptors (Lipinski definition) is 2. The highest BCUT2D eigenvalue weighted by Crippen LogP contribution is 1.93. The number of amides is 1. The quantitative estimate of drug-likeness (QED) is 0.530. The lowest BCUT2D eigenvalue weighted by atomic mass is 10.2. The Balaban J connectivity index is 3.11. The summed E-state index contributed by atoms with van der Waals surface area (Å²) in [5.74, 6) is -0.854. The van der Waals surface area contributed by atoms with Crippen molar-refractivity contribution in [3.05, 3.63) is 0 Å². The number of unbranched alkanes of at least 4 members (excludes halogenated alkanes) is 1. The molecule has 0 heterocycles. The van der Waals surface area contributed by atoms with E-state index in [9.17, 15) is 9.59 Å². The van der Waals surface area contributed by atoms with Gasteiger partial charge in [-0.3, -0.25) is 9.59 Å². The molecule has 0 bridgehead atoms. The molecular formula is C7H12BrNO3. The van der Waals surface area contributed by atoms with Gasteiger partial charge in [0.1, 0.15) is 0 Å². The summed E-state index contributed by atoms with van der Waals surface area (Å²) in [6.07, 6.45) is 1.49. The molecule has 5 heteroatoms. The molecule has 70 valence electrons. The lowest BCUT2D eigenvalue weighted by Gasteiger charge is -2.00. The van der Waals surface area contributed by atoms with Gasteiger partial charge in [0.05, 0.1) is 5.33 Å². The Hall–Kier alpha value is -0.580. The van der Waals surface area contributed by atoms with Gasteiger partial charge in [0.2, 0.25) is 5.91 Å². The molecule has 1 amide bonds. The van der Waals surface area contributed by atoms with Crippen molar-refractivity contribution in [3.63, 3.8) is 0 Å². The first kappa shape index (κ1) is 11.4. The number of carbonyl (C=O) groups is 2. The van der Waals surface area contributed by atoms with Gasteiger partial charge < -0.3 is 10.4 Å². The summed E-state index contributed by atoms with van der Waals surface area (Å²) >= 11 is 3.00. The van der Waals surface area contributed by atoms with Gasteiger partial charge >= 0.3 is 5.97 Å². The van der Waals surface area contributed by atoms with Gasteiger partial charge in [0.25, 0.3) is 0 Å². The van der Waals surface area contributed by atoms with Crippen LogP contribution in [0.1, 0.15) is 19.3 Å². The smallest absolute Gasteiger partial charge is 0.303 e. The van der Waals surface area contributed by atoms with Crippen molar-refractivity contribution in [1.29, 1.82) is 0 Å². The lowest BCUT2D eigenvalue weighted by Crippen LogP contribution is -2.25. The van der Waals surface area contributed by atoms with Crippen LogP contribution in [0.2, 0.25) is 0 Å². The molecule has 0 fully saturated rings.